The van der Waals surface area contributed by atoms with Crippen LogP contribution in [0.4, 0.5) is 0 Å². The molecule has 30 heavy (non-hydrogen) atoms. The molecule has 1 atom stereocenters. The second-order valence-corrected chi connectivity index (χ2v) is 8.08. The van der Waals surface area contributed by atoms with Crippen molar-refractivity contribution in [1.29, 1.82) is 0 Å². The fraction of sp³-hybridized carbons (Fsp3) is 0.136. The molecule has 1 aliphatic rings. The average molecular weight is 441 g/mol. The normalized spacial score (nSPS) is 18.1. The summed E-state index contributed by atoms with van der Waals surface area (Å²) in [6.45, 7) is 0.252. The standard InChI is InChI=1S/C22H17ClN2O4S/c1-29-17-10-13(6-7-16(17)23)20(26)18-19(14-4-2-8-24-11-14)25(22(28)21(18)27)12-15-5-3-9-30-15/h2-11,19,26H,12H2,1H3/b20-18-. The van der Waals surface area contributed by atoms with Crippen molar-refractivity contribution in [2.75, 3.05) is 7.11 Å². The SMILES string of the molecule is COc1cc(/C(O)=C2/C(=O)C(=O)N(Cc3cccs3)C2c2cccnc2)ccc1Cl. The Bertz CT molecular complexity index is 1130. The lowest BCUT2D eigenvalue weighted by Crippen LogP contribution is -2.28. The van der Waals surface area contributed by atoms with E-state index in [0.717, 1.165) is 4.88 Å². The number of likely N-dealkylation sites (tertiary alicyclic amines) is 1. The van der Waals surface area contributed by atoms with Crippen LogP contribution in [0.25, 0.3) is 5.76 Å². The molecule has 0 saturated carbocycles. The van der Waals surface area contributed by atoms with E-state index < -0.39 is 17.7 Å². The van der Waals surface area contributed by atoms with Gasteiger partial charge in [0.1, 0.15) is 11.5 Å². The zero-order chi connectivity index (χ0) is 21.3. The number of carbonyl (C=O) groups is 2. The van der Waals surface area contributed by atoms with Crippen LogP contribution in [0.15, 0.2) is 65.8 Å². The van der Waals surface area contributed by atoms with Crippen LogP contribution in [0.2, 0.25) is 5.02 Å². The second kappa shape index (κ2) is 8.30. The molecule has 0 spiro atoms. The predicted molar refractivity (Wildman–Crippen MR) is 114 cm³/mol. The van der Waals surface area contributed by atoms with Gasteiger partial charge in [0.05, 0.1) is 30.3 Å². The number of ether oxygens (including phenoxy) is 1. The summed E-state index contributed by atoms with van der Waals surface area (Å²) in [5, 5.41) is 13.3. The number of rotatable bonds is 5. The first-order chi connectivity index (χ1) is 14.5. The molecule has 1 amide bonds. The average Bonchev–Trinajstić information content (AvgIpc) is 3.36. The number of Topliss-reactive ketones (excluding diaryl/α,β-unsaturated/α-hetero) is 1. The van der Waals surface area contributed by atoms with Gasteiger partial charge in [-0.25, -0.2) is 0 Å². The molecule has 1 fully saturated rings. The minimum absolute atomic E-state index is 0.00827. The largest absolute Gasteiger partial charge is 0.507 e. The van der Waals surface area contributed by atoms with Gasteiger partial charge in [0.2, 0.25) is 0 Å². The maximum absolute atomic E-state index is 13.0. The quantitative estimate of drug-likeness (QED) is 0.360. The monoisotopic (exact) mass is 440 g/mol. The number of aliphatic hydroxyl groups excluding tert-OH is 1. The van der Waals surface area contributed by atoms with E-state index in [9.17, 15) is 14.7 Å². The molecule has 1 unspecified atom stereocenters. The highest BCUT2D eigenvalue weighted by Crippen LogP contribution is 2.41. The van der Waals surface area contributed by atoms with Crippen molar-refractivity contribution in [2.24, 2.45) is 0 Å². The van der Waals surface area contributed by atoms with E-state index in [2.05, 4.69) is 4.98 Å². The van der Waals surface area contributed by atoms with Crippen LogP contribution in [0.5, 0.6) is 5.75 Å². The first-order valence-corrected chi connectivity index (χ1v) is 10.3. The highest BCUT2D eigenvalue weighted by Gasteiger charge is 2.46. The van der Waals surface area contributed by atoms with Crippen LogP contribution in [-0.4, -0.2) is 33.8 Å². The van der Waals surface area contributed by atoms with Gasteiger partial charge in [0.25, 0.3) is 11.7 Å². The topological polar surface area (TPSA) is 79.7 Å². The number of ketones is 1. The van der Waals surface area contributed by atoms with Gasteiger partial charge < -0.3 is 14.7 Å². The summed E-state index contributed by atoms with van der Waals surface area (Å²) in [6, 6.07) is 11.2. The summed E-state index contributed by atoms with van der Waals surface area (Å²) in [6.07, 6.45) is 3.20. The lowest BCUT2D eigenvalue weighted by Gasteiger charge is -2.24. The number of hydrogen-bond acceptors (Lipinski definition) is 6. The van der Waals surface area contributed by atoms with E-state index in [-0.39, 0.29) is 17.9 Å². The van der Waals surface area contributed by atoms with Crippen LogP contribution in [0.3, 0.4) is 0 Å². The van der Waals surface area contributed by atoms with Crippen molar-refractivity contribution in [3.05, 3.63) is 86.8 Å². The minimum Gasteiger partial charge on any atom is -0.507 e. The molecule has 3 aromatic rings. The maximum Gasteiger partial charge on any atom is 0.295 e. The Hall–Kier alpha value is -3.16. The third kappa shape index (κ3) is 3.58. The van der Waals surface area contributed by atoms with Gasteiger partial charge in [-0.1, -0.05) is 23.7 Å². The highest BCUT2D eigenvalue weighted by atomic mass is 35.5. The summed E-state index contributed by atoms with van der Waals surface area (Å²) in [5.41, 5.74) is 0.976. The molecule has 6 nitrogen and oxygen atoms in total. The number of aliphatic hydroxyl groups is 1. The number of halogens is 1. The fourth-order valence-electron chi connectivity index (χ4n) is 3.46. The summed E-state index contributed by atoms with van der Waals surface area (Å²) < 4.78 is 5.21. The Morgan fingerprint density at radius 2 is 2.10 bits per heavy atom. The summed E-state index contributed by atoms with van der Waals surface area (Å²) in [7, 11) is 1.46. The van der Waals surface area contributed by atoms with E-state index in [1.54, 1.807) is 36.7 Å². The van der Waals surface area contributed by atoms with Gasteiger partial charge in [0, 0.05) is 22.8 Å². The second-order valence-electron chi connectivity index (χ2n) is 6.64. The van der Waals surface area contributed by atoms with Crippen molar-refractivity contribution in [1.82, 2.24) is 9.88 Å². The highest BCUT2D eigenvalue weighted by molar-refractivity contribution is 7.09. The van der Waals surface area contributed by atoms with Crippen LogP contribution >= 0.6 is 22.9 Å². The summed E-state index contributed by atoms with van der Waals surface area (Å²) in [5.74, 6) is -1.34. The van der Waals surface area contributed by atoms with Crippen molar-refractivity contribution in [2.45, 2.75) is 12.6 Å². The molecule has 0 aliphatic carbocycles. The van der Waals surface area contributed by atoms with Crippen molar-refractivity contribution >= 4 is 40.4 Å². The number of thiophene rings is 1. The number of carbonyl (C=O) groups excluding carboxylic acids is 2. The molecule has 0 bridgehead atoms. The van der Waals surface area contributed by atoms with Crippen LogP contribution < -0.4 is 4.74 Å². The summed E-state index contributed by atoms with van der Waals surface area (Å²) >= 11 is 7.57. The zero-order valence-corrected chi connectivity index (χ0v) is 17.5. The smallest absolute Gasteiger partial charge is 0.295 e. The Morgan fingerprint density at radius 1 is 1.27 bits per heavy atom. The number of methoxy groups -OCH3 is 1. The number of hydrogen-bond donors (Lipinski definition) is 1. The predicted octanol–water partition coefficient (Wildman–Crippen LogP) is 4.43. The first kappa shape index (κ1) is 20.1. The molecule has 1 aromatic carbocycles. The molecule has 3 heterocycles. The van der Waals surface area contributed by atoms with Crippen LogP contribution in [0.1, 0.15) is 22.0 Å². The van der Waals surface area contributed by atoms with E-state index in [0.29, 0.717) is 21.9 Å². The fourth-order valence-corrected chi connectivity index (χ4v) is 4.36. The van der Waals surface area contributed by atoms with Crippen LogP contribution in [-0.2, 0) is 16.1 Å². The molecule has 8 heteroatoms. The first-order valence-electron chi connectivity index (χ1n) is 9.06. The molecular weight excluding hydrogens is 424 g/mol. The van der Waals surface area contributed by atoms with Crippen molar-refractivity contribution in [3.63, 3.8) is 0 Å². The Morgan fingerprint density at radius 3 is 2.77 bits per heavy atom. The third-order valence-corrected chi connectivity index (χ3v) is 6.04. The van der Waals surface area contributed by atoms with Crippen LogP contribution in [0, 0.1) is 0 Å². The van der Waals surface area contributed by atoms with E-state index in [1.165, 1.54) is 29.4 Å². The Balaban J connectivity index is 1.87. The van der Waals surface area contributed by atoms with Gasteiger partial charge >= 0.3 is 0 Å². The molecule has 1 N–H and O–H groups in total. The van der Waals surface area contributed by atoms with Gasteiger partial charge in [-0.05, 0) is 41.3 Å². The van der Waals surface area contributed by atoms with Gasteiger partial charge in [-0.3, -0.25) is 14.6 Å². The van der Waals surface area contributed by atoms with E-state index in [4.69, 9.17) is 16.3 Å². The molecule has 1 saturated heterocycles. The molecule has 0 radical (unpaired) electrons. The van der Waals surface area contributed by atoms with Crippen molar-refractivity contribution < 1.29 is 19.4 Å². The van der Waals surface area contributed by atoms with Gasteiger partial charge in [0.15, 0.2) is 0 Å². The number of amides is 1. The summed E-state index contributed by atoms with van der Waals surface area (Å²) in [4.78, 5) is 32.4. The lowest BCUT2D eigenvalue weighted by atomic mass is 9.96. The molecule has 2 aromatic heterocycles. The minimum atomic E-state index is -0.762. The number of pyridine rings is 1. The van der Waals surface area contributed by atoms with Gasteiger partial charge in [-0.2, -0.15) is 0 Å². The van der Waals surface area contributed by atoms with Gasteiger partial charge in [-0.15, -0.1) is 11.3 Å². The molecule has 1 aliphatic heterocycles. The third-order valence-electron chi connectivity index (χ3n) is 4.87. The van der Waals surface area contributed by atoms with E-state index >= 15 is 0 Å². The Labute approximate surface area is 182 Å². The zero-order valence-electron chi connectivity index (χ0n) is 15.9. The van der Waals surface area contributed by atoms with Crippen molar-refractivity contribution in [3.8, 4) is 5.75 Å². The Kier molecular flexibility index (Phi) is 5.57. The number of nitrogens with zero attached hydrogens (tertiary/aromatic N) is 2. The van der Waals surface area contributed by atoms with E-state index in [1.807, 2.05) is 17.5 Å². The lowest BCUT2D eigenvalue weighted by molar-refractivity contribution is -0.140. The molecule has 152 valence electrons. The molecular formula is C22H17ClN2O4S. The molecule has 4 rings (SSSR count). The number of benzene rings is 1. The maximum atomic E-state index is 13.0. The number of aromatic nitrogens is 1.